The highest BCUT2D eigenvalue weighted by Crippen LogP contribution is 2.19. The van der Waals surface area contributed by atoms with Crippen LogP contribution < -0.4 is 10.0 Å². The monoisotopic (exact) mass is 403 g/mol. The Labute approximate surface area is 163 Å². The average molecular weight is 404 g/mol. The number of likely N-dealkylation sites (tertiary alicyclic amines) is 1. The van der Waals surface area contributed by atoms with Gasteiger partial charge < -0.3 is 10.2 Å². The van der Waals surface area contributed by atoms with Crippen molar-refractivity contribution in [1.29, 1.82) is 0 Å². The van der Waals surface area contributed by atoms with E-state index in [1.54, 1.807) is 24.3 Å². The van der Waals surface area contributed by atoms with Crippen LogP contribution in [0.5, 0.6) is 0 Å². The van der Waals surface area contributed by atoms with Gasteiger partial charge >= 0.3 is 0 Å². The third kappa shape index (κ3) is 6.23. The van der Waals surface area contributed by atoms with Crippen molar-refractivity contribution in [3.05, 3.63) is 29.8 Å². The predicted molar refractivity (Wildman–Crippen MR) is 106 cm³/mol. The number of hydrogen-bond donors (Lipinski definition) is 2. The van der Waals surface area contributed by atoms with Gasteiger partial charge in [0, 0.05) is 32.1 Å². The zero-order chi connectivity index (χ0) is 18.4. The summed E-state index contributed by atoms with van der Waals surface area (Å²) in [5, 5.41) is 3.03. The SMILES string of the molecule is CNCC(C)C(=O)N1CCCC(CNS(=O)(=O)c2ccc(C)cc2)C1.Cl. The largest absolute Gasteiger partial charge is 0.342 e. The number of benzene rings is 1. The number of nitrogens with one attached hydrogen (secondary N) is 2. The van der Waals surface area contributed by atoms with Gasteiger partial charge in [0.05, 0.1) is 4.90 Å². The third-order valence-corrected chi connectivity index (χ3v) is 6.10. The highest BCUT2D eigenvalue weighted by Gasteiger charge is 2.27. The van der Waals surface area contributed by atoms with Gasteiger partial charge in [-0.2, -0.15) is 0 Å². The molecule has 0 saturated carbocycles. The zero-order valence-corrected chi connectivity index (χ0v) is 17.3. The van der Waals surface area contributed by atoms with Gasteiger partial charge in [-0.25, -0.2) is 13.1 Å². The number of hydrogen-bond acceptors (Lipinski definition) is 4. The van der Waals surface area contributed by atoms with E-state index < -0.39 is 10.0 Å². The van der Waals surface area contributed by atoms with Gasteiger partial charge in [-0.05, 0) is 44.9 Å². The standard InChI is InChI=1S/C18H29N3O3S.ClH/c1-14-6-8-17(9-7-14)25(23,24)20-12-16-5-4-10-21(13-16)18(22)15(2)11-19-3;/h6-9,15-16,19-20H,4-5,10-13H2,1-3H3;1H. The number of halogens is 1. The van der Waals surface area contributed by atoms with Crippen LogP contribution in [0.4, 0.5) is 0 Å². The summed E-state index contributed by atoms with van der Waals surface area (Å²) >= 11 is 0. The van der Waals surface area contributed by atoms with Crippen molar-refractivity contribution < 1.29 is 13.2 Å². The topological polar surface area (TPSA) is 78.5 Å². The molecular weight excluding hydrogens is 374 g/mol. The van der Waals surface area contributed by atoms with Gasteiger partial charge in [0.2, 0.25) is 15.9 Å². The molecule has 2 unspecified atom stereocenters. The van der Waals surface area contributed by atoms with Crippen LogP contribution in [-0.2, 0) is 14.8 Å². The van der Waals surface area contributed by atoms with E-state index in [1.165, 1.54) is 0 Å². The second-order valence-electron chi connectivity index (χ2n) is 6.92. The molecule has 0 radical (unpaired) electrons. The minimum atomic E-state index is -3.50. The van der Waals surface area contributed by atoms with Crippen LogP contribution >= 0.6 is 12.4 Å². The molecule has 1 amide bonds. The lowest BCUT2D eigenvalue weighted by Crippen LogP contribution is -2.46. The molecule has 6 nitrogen and oxygen atoms in total. The fourth-order valence-corrected chi connectivity index (χ4v) is 4.28. The summed E-state index contributed by atoms with van der Waals surface area (Å²) in [7, 11) is -1.67. The first-order valence-corrected chi connectivity index (χ1v) is 10.3. The highest BCUT2D eigenvalue weighted by molar-refractivity contribution is 7.89. The van der Waals surface area contributed by atoms with E-state index in [-0.39, 0.29) is 35.0 Å². The average Bonchev–Trinajstić information content (AvgIpc) is 2.60. The van der Waals surface area contributed by atoms with Gasteiger partial charge in [-0.1, -0.05) is 24.6 Å². The number of rotatable bonds is 7. The third-order valence-electron chi connectivity index (χ3n) is 4.66. The van der Waals surface area contributed by atoms with Gasteiger partial charge in [0.15, 0.2) is 0 Å². The summed E-state index contributed by atoms with van der Waals surface area (Å²) in [6, 6.07) is 6.82. The lowest BCUT2D eigenvalue weighted by atomic mass is 9.97. The highest BCUT2D eigenvalue weighted by atomic mass is 35.5. The molecule has 1 aromatic carbocycles. The first-order chi connectivity index (χ1) is 11.8. The molecule has 0 aliphatic carbocycles. The summed E-state index contributed by atoms with van der Waals surface area (Å²) in [5.41, 5.74) is 1.02. The molecule has 1 saturated heterocycles. The molecule has 26 heavy (non-hydrogen) atoms. The van der Waals surface area contributed by atoms with Crippen LogP contribution in [0.3, 0.4) is 0 Å². The minimum Gasteiger partial charge on any atom is -0.342 e. The summed E-state index contributed by atoms with van der Waals surface area (Å²) < 4.78 is 27.5. The lowest BCUT2D eigenvalue weighted by molar-refractivity contribution is -0.136. The normalized spacial score (nSPS) is 18.9. The van der Waals surface area contributed by atoms with E-state index in [1.807, 2.05) is 25.8 Å². The molecule has 8 heteroatoms. The van der Waals surface area contributed by atoms with E-state index in [0.717, 1.165) is 24.9 Å². The van der Waals surface area contributed by atoms with Crippen molar-refractivity contribution in [1.82, 2.24) is 14.9 Å². The van der Waals surface area contributed by atoms with Gasteiger partial charge in [-0.15, -0.1) is 12.4 Å². The molecule has 2 N–H and O–H groups in total. The van der Waals surface area contributed by atoms with Gasteiger partial charge in [-0.3, -0.25) is 4.79 Å². The maximum Gasteiger partial charge on any atom is 0.240 e. The molecular formula is C18H30ClN3O3S. The van der Waals surface area contributed by atoms with Crippen LogP contribution in [0.15, 0.2) is 29.2 Å². The van der Waals surface area contributed by atoms with Crippen LogP contribution in [-0.4, -0.2) is 52.5 Å². The van der Waals surface area contributed by atoms with Gasteiger partial charge in [0.25, 0.3) is 0 Å². The maximum atomic E-state index is 12.4. The number of sulfonamides is 1. The quantitative estimate of drug-likeness (QED) is 0.727. The smallest absolute Gasteiger partial charge is 0.240 e. The van der Waals surface area contributed by atoms with Crippen molar-refractivity contribution in [2.45, 2.75) is 31.6 Å². The minimum absolute atomic E-state index is 0. The van der Waals surface area contributed by atoms with Crippen LogP contribution in [0.2, 0.25) is 0 Å². The number of carbonyl (C=O) groups excluding carboxylic acids is 1. The van der Waals surface area contributed by atoms with E-state index in [9.17, 15) is 13.2 Å². The second-order valence-corrected chi connectivity index (χ2v) is 8.68. The van der Waals surface area contributed by atoms with Gasteiger partial charge in [0.1, 0.15) is 0 Å². The lowest BCUT2D eigenvalue weighted by Gasteiger charge is -2.34. The number of carbonyl (C=O) groups is 1. The molecule has 2 atom stereocenters. The Morgan fingerprint density at radius 2 is 1.96 bits per heavy atom. The second kappa shape index (κ2) is 10.3. The number of amides is 1. The summed E-state index contributed by atoms with van der Waals surface area (Å²) in [6.07, 6.45) is 1.84. The number of aryl methyl sites for hydroxylation is 1. The molecule has 2 rings (SSSR count). The Kier molecular flexibility index (Phi) is 9.03. The molecule has 148 valence electrons. The number of nitrogens with zero attached hydrogens (tertiary/aromatic N) is 1. The fraction of sp³-hybridized carbons (Fsp3) is 0.611. The summed E-state index contributed by atoms with van der Waals surface area (Å²) in [4.78, 5) is 14.6. The van der Waals surface area contributed by atoms with Crippen molar-refractivity contribution in [3.8, 4) is 0 Å². The molecule has 1 fully saturated rings. The summed E-state index contributed by atoms with van der Waals surface area (Å²) in [5.74, 6) is 0.230. The molecule has 0 bridgehead atoms. The Bertz CT molecular complexity index is 679. The van der Waals surface area contributed by atoms with E-state index >= 15 is 0 Å². The molecule has 1 aliphatic heterocycles. The van der Waals surface area contributed by atoms with Crippen LogP contribution in [0.25, 0.3) is 0 Å². The summed E-state index contributed by atoms with van der Waals surface area (Å²) in [6.45, 7) is 6.23. The Morgan fingerprint density at radius 3 is 2.58 bits per heavy atom. The molecule has 0 spiro atoms. The van der Waals surface area contributed by atoms with Crippen LogP contribution in [0, 0.1) is 18.8 Å². The Morgan fingerprint density at radius 1 is 1.31 bits per heavy atom. The fourth-order valence-electron chi connectivity index (χ4n) is 3.17. The predicted octanol–water partition coefficient (Wildman–Crippen LogP) is 1.79. The van der Waals surface area contributed by atoms with E-state index in [2.05, 4.69) is 10.0 Å². The first kappa shape index (κ1) is 22.9. The van der Waals surface area contributed by atoms with E-state index in [4.69, 9.17) is 0 Å². The van der Waals surface area contributed by atoms with Crippen molar-refractivity contribution in [2.24, 2.45) is 11.8 Å². The molecule has 1 heterocycles. The molecule has 1 aliphatic rings. The van der Waals surface area contributed by atoms with Crippen molar-refractivity contribution in [3.63, 3.8) is 0 Å². The van der Waals surface area contributed by atoms with Crippen molar-refractivity contribution >= 4 is 28.3 Å². The van der Waals surface area contributed by atoms with Crippen molar-refractivity contribution in [2.75, 3.05) is 33.2 Å². The molecule has 1 aromatic rings. The first-order valence-electron chi connectivity index (χ1n) is 8.83. The maximum absolute atomic E-state index is 12.4. The zero-order valence-electron chi connectivity index (χ0n) is 15.7. The van der Waals surface area contributed by atoms with E-state index in [0.29, 0.717) is 19.6 Å². The Balaban J connectivity index is 0.00000338. The Hall–Kier alpha value is -1.15. The number of piperidine rings is 1. The molecule has 0 aromatic heterocycles. The van der Waals surface area contributed by atoms with Crippen LogP contribution in [0.1, 0.15) is 25.3 Å².